The lowest BCUT2D eigenvalue weighted by Crippen LogP contribution is -2.23. The molecule has 0 bridgehead atoms. The van der Waals surface area contributed by atoms with Crippen molar-refractivity contribution in [2.75, 3.05) is 5.73 Å². The van der Waals surface area contributed by atoms with Crippen LogP contribution in [0.25, 0.3) is 0 Å². The molecule has 1 aromatic heterocycles. The van der Waals surface area contributed by atoms with Crippen LogP contribution in [0.3, 0.4) is 0 Å². The highest BCUT2D eigenvalue weighted by Crippen LogP contribution is 2.10. The van der Waals surface area contributed by atoms with E-state index in [4.69, 9.17) is 16.9 Å². The average Bonchev–Trinajstić information content (AvgIpc) is 2.34. The maximum atomic E-state index is 10.4. The average molecular weight is 170 g/mol. The van der Waals surface area contributed by atoms with E-state index in [-0.39, 0.29) is 11.4 Å². The van der Waals surface area contributed by atoms with Gasteiger partial charge in [0.1, 0.15) is 11.4 Å². The first kappa shape index (κ1) is 7.67. The first-order valence-electron chi connectivity index (χ1n) is 2.71. The van der Waals surface area contributed by atoms with Gasteiger partial charge in [0.2, 0.25) is 0 Å². The van der Waals surface area contributed by atoms with E-state index in [1.54, 1.807) is 0 Å². The lowest BCUT2D eigenvalue weighted by Gasteiger charge is -1.90. The van der Waals surface area contributed by atoms with Crippen LogP contribution < -0.4 is 11.5 Å². The highest BCUT2D eigenvalue weighted by Gasteiger charge is 2.10. The second-order valence-corrected chi connectivity index (χ2v) is 2.70. The number of primary amides is 1. The monoisotopic (exact) mass is 170 g/mol. The summed E-state index contributed by atoms with van der Waals surface area (Å²) in [5, 5.41) is 8.95. The van der Waals surface area contributed by atoms with Crippen molar-refractivity contribution in [1.29, 1.82) is 5.41 Å². The van der Waals surface area contributed by atoms with E-state index >= 15 is 0 Å². The number of hydrogen-bond acceptors (Lipinski definition) is 5. The molecule has 0 fully saturated rings. The van der Waals surface area contributed by atoms with Crippen molar-refractivity contribution in [1.82, 2.24) is 4.98 Å². The van der Waals surface area contributed by atoms with Crippen molar-refractivity contribution < 1.29 is 4.79 Å². The molecule has 0 aliphatic carbocycles. The first-order chi connectivity index (χ1) is 5.11. The van der Waals surface area contributed by atoms with Crippen molar-refractivity contribution in [2.45, 2.75) is 0 Å². The standard InChI is InChI=1S/C5H6N4OS/c6-3(4(7)10)2-1-11-5(8)9-2/h1,6H,(H2,7,10)(H2,8,9). The summed E-state index contributed by atoms with van der Waals surface area (Å²) in [5.41, 5.74) is 10.0. The second kappa shape index (κ2) is 2.67. The molecule has 1 amide bonds. The number of rotatable bonds is 2. The van der Waals surface area contributed by atoms with Gasteiger partial charge in [0.25, 0.3) is 5.91 Å². The topological polar surface area (TPSA) is 106 Å². The summed E-state index contributed by atoms with van der Waals surface area (Å²) < 4.78 is 0. The third-order valence-electron chi connectivity index (χ3n) is 1.02. The van der Waals surface area contributed by atoms with Crippen LogP contribution in [-0.2, 0) is 4.79 Å². The van der Waals surface area contributed by atoms with Gasteiger partial charge < -0.3 is 11.5 Å². The number of anilines is 1. The number of thiazole rings is 1. The van der Waals surface area contributed by atoms with E-state index in [0.29, 0.717) is 5.13 Å². The fourth-order valence-corrected chi connectivity index (χ4v) is 1.08. The van der Waals surface area contributed by atoms with E-state index in [9.17, 15) is 4.79 Å². The molecule has 0 saturated heterocycles. The van der Waals surface area contributed by atoms with Gasteiger partial charge in [-0.3, -0.25) is 10.2 Å². The van der Waals surface area contributed by atoms with E-state index < -0.39 is 5.91 Å². The number of nitrogens with two attached hydrogens (primary N) is 2. The number of amides is 1. The van der Waals surface area contributed by atoms with Gasteiger partial charge in [-0.1, -0.05) is 0 Å². The molecular weight excluding hydrogens is 164 g/mol. The molecule has 0 aromatic carbocycles. The van der Waals surface area contributed by atoms with Crippen molar-refractivity contribution in [3.8, 4) is 0 Å². The van der Waals surface area contributed by atoms with E-state index in [0.717, 1.165) is 0 Å². The van der Waals surface area contributed by atoms with Crippen molar-refractivity contribution in [3.63, 3.8) is 0 Å². The highest BCUT2D eigenvalue weighted by atomic mass is 32.1. The Labute approximate surface area is 66.5 Å². The molecule has 0 radical (unpaired) electrons. The summed E-state index contributed by atoms with van der Waals surface area (Å²) >= 11 is 1.17. The zero-order valence-corrected chi connectivity index (χ0v) is 6.31. The summed E-state index contributed by atoms with van der Waals surface area (Å²) in [7, 11) is 0. The van der Waals surface area contributed by atoms with Gasteiger partial charge in [-0.2, -0.15) is 0 Å². The number of nitrogen functional groups attached to an aromatic ring is 1. The van der Waals surface area contributed by atoms with Crippen LogP contribution in [0.2, 0.25) is 0 Å². The molecule has 1 heterocycles. The largest absolute Gasteiger partial charge is 0.375 e. The summed E-state index contributed by atoms with van der Waals surface area (Å²) in [6, 6.07) is 0. The summed E-state index contributed by atoms with van der Waals surface area (Å²) in [6.07, 6.45) is 0. The molecule has 0 aliphatic heterocycles. The Morgan fingerprint density at radius 3 is 2.73 bits per heavy atom. The van der Waals surface area contributed by atoms with E-state index in [1.165, 1.54) is 16.7 Å². The molecule has 0 unspecified atom stereocenters. The van der Waals surface area contributed by atoms with Crippen LogP contribution in [-0.4, -0.2) is 16.6 Å². The Balaban J connectivity index is 2.94. The van der Waals surface area contributed by atoms with Crippen LogP contribution in [0, 0.1) is 5.41 Å². The Morgan fingerprint density at radius 1 is 1.73 bits per heavy atom. The number of hydrogen-bond donors (Lipinski definition) is 3. The van der Waals surface area contributed by atoms with Crippen LogP contribution >= 0.6 is 11.3 Å². The third-order valence-corrected chi connectivity index (χ3v) is 1.70. The van der Waals surface area contributed by atoms with Gasteiger partial charge in [-0.05, 0) is 0 Å². The number of carbonyl (C=O) groups is 1. The summed E-state index contributed by atoms with van der Waals surface area (Å²) in [6.45, 7) is 0. The second-order valence-electron chi connectivity index (χ2n) is 1.81. The van der Waals surface area contributed by atoms with Crippen molar-refractivity contribution in [2.24, 2.45) is 5.73 Å². The fraction of sp³-hybridized carbons (Fsp3) is 0. The SMILES string of the molecule is N=C(C(N)=O)c1csc(N)n1. The minimum Gasteiger partial charge on any atom is -0.375 e. The molecule has 0 aliphatic rings. The molecule has 0 spiro atoms. The molecule has 1 rings (SSSR count). The third kappa shape index (κ3) is 1.53. The molecule has 0 saturated carbocycles. The van der Waals surface area contributed by atoms with E-state index in [1.807, 2.05) is 0 Å². The maximum absolute atomic E-state index is 10.4. The van der Waals surface area contributed by atoms with Gasteiger partial charge in [-0.15, -0.1) is 11.3 Å². The van der Waals surface area contributed by atoms with Crippen LogP contribution in [0.5, 0.6) is 0 Å². The van der Waals surface area contributed by atoms with Gasteiger partial charge in [-0.25, -0.2) is 4.98 Å². The lowest BCUT2D eigenvalue weighted by atomic mass is 10.3. The Kier molecular flexibility index (Phi) is 1.86. The molecule has 6 heteroatoms. The smallest absolute Gasteiger partial charge is 0.268 e. The summed E-state index contributed by atoms with van der Waals surface area (Å²) in [4.78, 5) is 14.1. The van der Waals surface area contributed by atoms with Gasteiger partial charge >= 0.3 is 0 Å². The molecule has 58 valence electrons. The molecule has 1 aromatic rings. The molecule has 0 atom stereocenters. The predicted molar refractivity (Wildman–Crippen MR) is 42.5 cm³/mol. The maximum Gasteiger partial charge on any atom is 0.268 e. The van der Waals surface area contributed by atoms with Crippen LogP contribution in [0.4, 0.5) is 5.13 Å². The number of nitrogens with zero attached hydrogens (tertiary/aromatic N) is 1. The predicted octanol–water partition coefficient (Wildman–Crippen LogP) is -0.422. The number of nitrogens with one attached hydrogen (secondary N) is 1. The molecule has 5 N–H and O–H groups in total. The lowest BCUT2D eigenvalue weighted by molar-refractivity contribution is -0.112. The number of carbonyl (C=O) groups excluding carboxylic acids is 1. The summed E-state index contributed by atoms with van der Waals surface area (Å²) in [5.74, 6) is -0.796. The zero-order chi connectivity index (χ0) is 8.43. The minimum atomic E-state index is -0.796. The van der Waals surface area contributed by atoms with Crippen molar-refractivity contribution in [3.05, 3.63) is 11.1 Å². The van der Waals surface area contributed by atoms with Gasteiger partial charge in [0, 0.05) is 5.38 Å². The number of aromatic nitrogens is 1. The Morgan fingerprint density at radius 2 is 2.36 bits per heavy atom. The quantitative estimate of drug-likeness (QED) is 0.524. The molecular formula is C5H6N4OS. The Hall–Kier alpha value is -1.43. The first-order valence-corrected chi connectivity index (χ1v) is 3.59. The highest BCUT2D eigenvalue weighted by molar-refractivity contribution is 7.13. The Bertz CT molecular complexity index is 305. The van der Waals surface area contributed by atoms with Crippen LogP contribution in [0.15, 0.2) is 5.38 Å². The normalized spacial score (nSPS) is 9.45. The fourth-order valence-electron chi connectivity index (χ4n) is 0.529. The van der Waals surface area contributed by atoms with Gasteiger partial charge in [0.05, 0.1) is 0 Å². The van der Waals surface area contributed by atoms with Gasteiger partial charge in [0.15, 0.2) is 5.13 Å². The van der Waals surface area contributed by atoms with Crippen molar-refractivity contribution >= 4 is 28.1 Å². The molecule has 5 nitrogen and oxygen atoms in total. The minimum absolute atomic E-state index is 0.236. The zero-order valence-electron chi connectivity index (χ0n) is 5.50. The molecule has 11 heavy (non-hydrogen) atoms. The van der Waals surface area contributed by atoms with Crippen LogP contribution in [0.1, 0.15) is 5.69 Å². The van der Waals surface area contributed by atoms with E-state index in [2.05, 4.69) is 4.98 Å².